The fourth-order valence-electron chi connectivity index (χ4n) is 1.43. The maximum atomic E-state index is 13.3. The van der Waals surface area contributed by atoms with E-state index in [1.165, 1.54) is 6.92 Å². The van der Waals surface area contributed by atoms with E-state index >= 15 is 0 Å². The number of alkyl halides is 3. The first-order chi connectivity index (χ1) is 8.26. The molecule has 3 nitrogen and oxygen atoms in total. The van der Waals surface area contributed by atoms with E-state index in [1.807, 2.05) is 0 Å². The molecule has 0 heterocycles. The highest BCUT2D eigenvalue weighted by molar-refractivity contribution is 5.97. The van der Waals surface area contributed by atoms with Gasteiger partial charge < -0.3 is 10.0 Å². The number of carbonyl (C=O) groups is 1. The molecular weight excluding hydrogens is 254 g/mol. The molecule has 0 aliphatic rings. The van der Waals surface area contributed by atoms with Crippen LogP contribution in [0.25, 0.3) is 0 Å². The Morgan fingerprint density at radius 2 is 2.00 bits per heavy atom. The molecule has 0 saturated heterocycles. The van der Waals surface area contributed by atoms with Crippen molar-refractivity contribution in [3.8, 4) is 5.75 Å². The monoisotopic (exact) mass is 265 g/mol. The number of aromatic hydroxyl groups is 1. The van der Waals surface area contributed by atoms with Gasteiger partial charge in [-0.1, -0.05) is 6.07 Å². The number of hydrogen-bond donors (Lipinski definition) is 1. The van der Waals surface area contributed by atoms with Gasteiger partial charge in [-0.2, -0.15) is 13.2 Å². The van der Waals surface area contributed by atoms with E-state index in [2.05, 4.69) is 0 Å². The molecule has 1 aromatic carbocycles. The van der Waals surface area contributed by atoms with Gasteiger partial charge in [-0.05, 0) is 19.1 Å². The van der Waals surface area contributed by atoms with Crippen LogP contribution in [0.4, 0.5) is 17.6 Å². The van der Waals surface area contributed by atoms with Crippen molar-refractivity contribution in [3.05, 3.63) is 29.6 Å². The lowest BCUT2D eigenvalue weighted by atomic mass is 10.1. The van der Waals surface area contributed by atoms with Crippen LogP contribution in [-0.2, 0) is 0 Å². The minimum absolute atomic E-state index is 0.244. The number of nitrogens with zero attached hydrogens (tertiary/aromatic N) is 1. The Morgan fingerprint density at radius 3 is 2.44 bits per heavy atom. The Bertz CT molecular complexity index is 425. The van der Waals surface area contributed by atoms with Gasteiger partial charge in [0.1, 0.15) is 23.7 Å². The molecule has 18 heavy (non-hydrogen) atoms. The van der Waals surface area contributed by atoms with Crippen LogP contribution in [0.2, 0.25) is 0 Å². The molecule has 100 valence electrons. The molecule has 0 aliphatic carbocycles. The Hall–Kier alpha value is -1.79. The molecule has 0 fully saturated rings. The van der Waals surface area contributed by atoms with Gasteiger partial charge >= 0.3 is 6.18 Å². The Morgan fingerprint density at radius 1 is 1.39 bits per heavy atom. The highest BCUT2D eigenvalue weighted by atomic mass is 19.4. The molecule has 0 radical (unpaired) electrons. The quantitative estimate of drug-likeness (QED) is 0.853. The summed E-state index contributed by atoms with van der Waals surface area (Å²) in [6.07, 6.45) is -4.58. The molecule has 0 atom stereocenters. The number of phenolic OH excluding ortho intramolecular Hbond substituents is 1. The molecule has 0 bridgehead atoms. The number of amides is 1. The SMILES string of the molecule is CCN(CC(F)(F)F)C(=O)c1c(O)cccc1F. The lowest BCUT2D eigenvalue weighted by Crippen LogP contribution is -2.39. The minimum atomic E-state index is -4.58. The summed E-state index contributed by atoms with van der Waals surface area (Å²) in [5.74, 6) is -2.92. The van der Waals surface area contributed by atoms with Crippen LogP contribution in [0.1, 0.15) is 17.3 Å². The molecule has 0 aromatic heterocycles. The van der Waals surface area contributed by atoms with Crippen LogP contribution in [0.5, 0.6) is 5.75 Å². The van der Waals surface area contributed by atoms with Gasteiger partial charge in [0.2, 0.25) is 0 Å². The van der Waals surface area contributed by atoms with Crippen molar-refractivity contribution in [3.63, 3.8) is 0 Å². The third-order valence-corrected chi connectivity index (χ3v) is 2.24. The number of rotatable bonds is 3. The average Bonchev–Trinajstić information content (AvgIpc) is 2.24. The standard InChI is InChI=1S/C11H11F4NO2/c1-2-16(6-11(13,14)15)10(18)9-7(12)4-3-5-8(9)17/h3-5,17H,2,6H2,1H3. The van der Waals surface area contributed by atoms with Crippen LogP contribution in [0, 0.1) is 5.82 Å². The van der Waals surface area contributed by atoms with Gasteiger partial charge in [-0.25, -0.2) is 4.39 Å². The number of halogens is 4. The number of phenols is 1. The third kappa shape index (κ3) is 3.35. The Kier molecular flexibility index (Phi) is 4.15. The first-order valence-electron chi connectivity index (χ1n) is 5.09. The second-order valence-electron chi connectivity index (χ2n) is 3.57. The number of hydrogen-bond acceptors (Lipinski definition) is 2. The zero-order chi connectivity index (χ0) is 13.9. The van der Waals surface area contributed by atoms with Crippen LogP contribution >= 0.6 is 0 Å². The van der Waals surface area contributed by atoms with Crippen molar-refractivity contribution < 1.29 is 27.5 Å². The molecule has 0 unspecified atom stereocenters. The molecule has 0 aliphatic heterocycles. The van der Waals surface area contributed by atoms with Crippen LogP contribution in [-0.4, -0.2) is 35.2 Å². The van der Waals surface area contributed by atoms with Gasteiger partial charge in [-0.3, -0.25) is 4.79 Å². The van der Waals surface area contributed by atoms with E-state index in [0.29, 0.717) is 4.90 Å². The zero-order valence-electron chi connectivity index (χ0n) is 9.46. The molecular formula is C11H11F4NO2. The second-order valence-corrected chi connectivity index (χ2v) is 3.57. The second kappa shape index (κ2) is 5.24. The summed E-state index contributed by atoms with van der Waals surface area (Å²) in [5.41, 5.74) is -0.747. The minimum Gasteiger partial charge on any atom is -0.507 e. The summed E-state index contributed by atoms with van der Waals surface area (Å²) in [6, 6.07) is 3.09. The van der Waals surface area contributed by atoms with Crippen molar-refractivity contribution in [1.29, 1.82) is 0 Å². The van der Waals surface area contributed by atoms with E-state index in [-0.39, 0.29) is 6.54 Å². The van der Waals surface area contributed by atoms with E-state index in [9.17, 15) is 27.5 Å². The van der Waals surface area contributed by atoms with Gasteiger partial charge in [-0.15, -0.1) is 0 Å². The van der Waals surface area contributed by atoms with Crippen molar-refractivity contribution >= 4 is 5.91 Å². The smallest absolute Gasteiger partial charge is 0.406 e. The average molecular weight is 265 g/mol. The van der Waals surface area contributed by atoms with Crippen LogP contribution in [0.15, 0.2) is 18.2 Å². The van der Waals surface area contributed by atoms with Gasteiger partial charge in [0.15, 0.2) is 0 Å². The largest absolute Gasteiger partial charge is 0.507 e. The third-order valence-electron chi connectivity index (χ3n) is 2.24. The first-order valence-corrected chi connectivity index (χ1v) is 5.09. The summed E-state index contributed by atoms with van der Waals surface area (Å²) in [7, 11) is 0. The van der Waals surface area contributed by atoms with Crippen molar-refractivity contribution in [1.82, 2.24) is 4.90 Å². The van der Waals surface area contributed by atoms with E-state index in [4.69, 9.17) is 0 Å². The van der Waals surface area contributed by atoms with Crippen LogP contribution in [0.3, 0.4) is 0 Å². The van der Waals surface area contributed by atoms with Crippen molar-refractivity contribution in [2.45, 2.75) is 13.1 Å². The predicted octanol–water partition coefficient (Wildman–Crippen LogP) is 2.56. The van der Waals surface area contributed by atoms with Crippen LogP contribution < -0.4 is 0 Å². The Balaban J connectivity index is 3.04. The number of benzene rings is 1. The lowest BCUT2D eigenvalue weighted by molar-refractivity contribution is -0.140. The summed E-state index contributed by atoms with van der Waals surface area (Å²) in [5, 5.41) is 9.34. The topological polar surface area (TPSA) is 40.5 Å². The van der Waals surface area contributed by atoms with Gasteiger partial charge in [0, 0.05) is 6.54 Å². The molecule has 7 heteroatoms. The van der Waals surface area contributed by atoms with Gasteiger partial charge in [0.05, 0.1) is 0 Å². The first kappa shape index (κ1) is 14.3. The molecule has 0 spiro atoms. The maximum absolute atomic E-state index is 13.3. The van der Waals surface area contributed by atoms with E-state index in [0.717, 1.165) is 18.2 Å². The van der Waals surface area contributed by atoms with Crippen molar-refractivity contribution in [2.24, 2.45) is 0 Å². The lowest BCUT2D eigenvalue weighted by Gasteiger charge is -2.22. The summed E-state index contributed by atoms with van der Waals surface area (Å²) < 4.78 is 50.0. The van der Waals surface area contributed by atoms with Crippen molar-refractivity contribution in [2.75, 3.05) is 13.1 Å². The fraction of sp³-hybridized carbons (Fsp3) is 0.364. The van der Waals surface area contributed by atoms with E-state index in [1.54, 1.807) is 0 Å². The highest BCUT2D eigenvalue weighted by Gasteiger charge is 2.34. The Labute approximate surface area is 101 Å². The molecule has 1 N–H and O–H groups in total. The molecule has 1 amide bonds. The van der Waals surface area contributed by atoms with E-state index < -0.39 is 35.8 Å². The predicted molar refractivity (Wildman–Crippen MR) is 55.7 cm³/mol. The summed E-state index contributed by atoms with van der Waals surface area (Å²) >= 11 is 0. The molecule has 1 aromatic rings. The summed E-state index contributed by atoms with van der Waals surface area (Å²) in [4.78, 5) is 12.1. The normalized spacial score (nSPS) is 11.4. The zero-order valence-corrected chi connectivity index (χ0v) is 9.46. The van der Waals surface area contributed by atoms with Gasteiger partial charge in [0.25, 0.3) is 5.91 Å². The summed E-state index contributed by atoms with van der Waals surface area (Å²) in [6.45, 7) is -0.399. The molecule has 1 rings (SSSR count). The fourth-order valence-corrected chi connectivity index (χ4v) is 1.43. The highest BCUT2D eigenvalue weighted by Crippen LogP contribution is 2.24. The number of carbonyl (C=O) groups excluding carboxylic acids is 1. The maximum Gasteiger partial charge on any atom is 0.406 e. The molecule has 0 saturated carbocycles.